The zero-order valence-electron chi connectivity index (χ0n) is 31.0. The SMILES string of the molecule is CCCCc1cc2c(cc1CCCC)C1=C3C4C=CC(C=C4)C4c5ccccc5C3(C(c3c5ccccc5cc5ccccc35)=C1C2)c1ccccc14. The summed E-state index contributed by atoms with van der Waals surface area (Å²) in [5.74, 6) is 0.826. The van der Waals surface area contributed by atoms with Crippen molar-refractivity contribution in [3.63, 3.8) is 0 Å². The van der Waals surface area contributed by atoms with Crippen molar-refractivity contribution in [3.8, 4) is 0 Å². The van der Waals surface area contributed by atoms with Crippen molar-refractivity contribution in [2.45, 2.75) is 70.1 Å². The van der Waals surface area contributed by atoms with Gasteiger partial charge in [0, 0.05) is 17.8 Å². The van der Waals surface area contributed by atoms with Crippen molar-refractivity contribution >= 4 is 32.7 Å². The normalized spacial score (nSPS) is 22.9. The van der Waals surface area contributed by atoms with Crippen molar-refractivity contribution < 1.29 is 0 Å². The predicted octanol–water partition coefficient (Wildman–Crippen LogP) is 13.3. The average molecular weight is 683 g/mol. The van der Waals surface area contributed by atoms with E-state index in [0.717, 1.165) is 12.8 Å². The predicted molar refractivity (Wildman–Crippen MR) is 223 cm³/mol. The number of fused-ring (bicyclic) bond motifs is 5. The Balaban J connectivity index is 1.35. The zero-order chi connectivity index (χ0) is 35.3. The van der Waals surface area contributed by atoms with Gasteiger partial charge in [0.1, 0.15) is 0 Å². The highest BCUT2D eigenvalue weighted by atomic mass is 14.6. The van der Waals surface area contributed by atoms with Gasteiger partial charge in [0.25, 0.3) is 0 Å². The van der Waals surface area contributed by atoms with Crippen LogP contribution in [-0.2, 0) is 24.7 Å². The van der Waals surface area contributed by atoms with Crippen LogP contribution in [0.3, 0.4) is 0 Å². The number of hydrogen-bond donors (Lipinski definition) is 0. The summed E-state index contributed by atoms with van der Waals surface area (Å²) in [5, 5.41) is 5.36. The molecule has 0 heteroatoms. The summed E-state index contributed by atoms with van der Waals surface area (Å²) in [5.41, 5.74) is 19.4. The molecule has 4 bridgehead atoms. The third-order valence-corrected chi connectivity index (χ3v) is 13.5. The highest BCUT2D eigenvalue weighted by molar-refractivity contribution is 6.18. The van der Waals surface area contributed by atoms with Gasteiger partial charge in [-0.3, -0.25) is 0 Å². The minimum Gasteiger partial charge on any atom is -0.0798 e. The summed E-state index contributed by atoms with van der Waals surface area (Å²) >= 11 is 0. The molecule has 0 atom stereocenters. The summed E-state index contributed by atoms with van der Waals surface area (Å²) in [6.45, 7) is 4.67. The fourth-order valence-corrected chi connectivity index (χ4v) is 11.4. The van der Waals surface area contributed by atoms with Gasteiger partial charge in [-0.25, -0.2) is 0 Å². The lowest BCUT2D eigenvalue weighted by atomic mass is 9.55. The highest BCUT2D eigenvalue weighted by Gasteiger charge is 2.58. The Morgan fingerprint density at radius 2 is 1.17 bits per heavy atom. The van der Waals surface area contributed by atoms with Crippen LogP contribution < -0.4 is 0 Å². The molecular formula is C53H46. The molecule has 8 aliphatic rings. The fraction of sp³-hybridized carbons (Fsp3) is 0.245. The van der Waals surface area contributed by atoms with Gasteiger partial charge in [-0.2, -0.15) is 0 Å². The molecule has 6 aromatic rings. The molecule has 0 heterocycles. The van der Waals surface area contributed by atoms with Crippen LogP contribution in [0.2, 0.25) is 0 Å². The molecule has 14 rings (SSSR count). The molecule has 0 amide bonds. The summed E-state index contributed by atoms with van der Waals surface area (Å²) in [6, 6.07) is 45.3. The molecule has 0 saturated heterocycles. The van der Waals surface area contributed by atoms with Gasteiger partial charge in [0.2, 0.25) is 0 Å². The fourth-order valence-electron chi connectivity index (χ4n) is 11.4. The van der Waals surface area contributed by atoms with Crippen LogP contribution >= 0.6 is 0 Å². The summed E-state index contributed by atoms with van der Waals surface area (Å²) in [7, 11) is 0. The Morgan fingerprint density at radius 1 is 0.604 bits per heavy atom. The van der Waals surface area contributed by atoms with Gasteiger partial charge in [0.15, 0.2) is 0 Å². The molecule has 0 N–H and O–H groups in total. The number of aryl methyl sites for hydroxylation is 2. The van der Waals surface area contributed by atoms with Crippen molar-refractivity contribution in [3.05, 3.63) is 201 Å². The number of rotatable bonds is 7. The largest absolute Gasteiger partial charge is 0.0798 e. The average Bonchev–Trinajstić information content (AvgIpc) is 3.73. The molecule has 0 fully saturated rings. The first-order valence-electron chi connectivity index (χ1n) is 20.3. The molecule has 0 nitrogen and oxygen atoms in total. The van der Waals surface area contributed by atoms with Crippen LogP contribution in [0.25, 0.3) is 32.7 Å². The van der Waals surface area contributed by atoms with Gasteiger partial charge in [0.05, 0.1) is 5.41 Å². The van der Waals surface area contributed by atoms with E-state index in [2.05, 4.69) is 153 Å². The van der Waals surface area contributed by atoms with Crippen LogP contribution in [0.15, 0.2) is 151 Å². The lowest BCUT2D eigenvalue weighted by Gasteiger charge is -2.46. The third-order valence-electron chi connectivity index (χ3n) is 13.5. The Labute approximate surface area is 314 Å². The summed E-state index contributed by atoms with van der Waals surface area (Å²) in [6.07, 6.45) is 18.5. The van der Waals surface area contributed by atoms with Gasteiger partial charge in [-0.1, -0.05) is 160 Å². The Bertz CT molecular complexity index is 2520. The molecule has 0 unspecified atom stereocenters. The smallest absolute Gasteiger partial charge is 0.0694 e. The number of hydrogen-bond acceptors (Lipinski definition) is 0. The monoisotopic (exact) mass is 682 g/mol. The minimum atomic E-state index is -0.429. The van der Waals surface area contributed by atoms with E-state index in [0.29, 0.717) is 5.92 Å². The lowest BCUT2D eigenvalue weighted by molar-refractivity contribution is 0.624. The molecule has 0 aliphatic heterocycles. The second-order valence-corrected chi connectivity index (χ2v) is 16.3. The molecule has 0 aromatic heterocycles. The molecule has 8 aliphatic carbocycles. The number of allylic oxidation sites excluding steroid dienone is 8. The maximum atomic E-state index is 2.68. The minimum absolute atomic E-state index is 0.206. The first kappa shape index (κ1) is 31.3. The topological polar surface area (TPSA) is 0 Å². The van der Waals surface area contributed by atoms with E-state index < -0.39 is 5.41 Å². The van der Waals surface area contributed by atoms with Crippen LogP contribution in [0, 0.1) is 11.8 Å². The second-order valence-electron chi connectivity index (χ2n) is 16.3. The molecule has 1 spiro atoms. The van der Waals surface area contributed by atoms with Gasteiger partial charge < -0.3 is 0 Å². The van der Waals surface area contributed by atoms with E-state index >= 15 is 0 Å². The van der Waals surface area contributed by atoms with Crippen LogP contribution in [0.5, 0.6) is 0 Å². The quantitative estimate of drug-likeness (QED) is 0.116. The molecule has 258 valence electrons. The summed E-state index contributed by atoms with van der Waals surface area (Å²) < 4.78 is 0. The molecule has 6 aromatic carbocycles. The maximum absolute atomic E-state index is 2.68. The van der Waals surface area contributed by atoms with Crippen molar-refractivity contribution in [2.75, 3.05) is 0 Å². The van der Waals surface area contributed by atoms with Crippen LogP contribution in [0.1, 0.15) is 95.5 Å². The first-order valence-corrected chi connectivity index (χ1v) is 20.3. The molecule has 0 saturated carbocycles. The van der Waals surface area contributed by atoms with E-state index in [4.69, 9.17) is 0 Å². The highest BCUT2D eigenvalue weighted by Crippen LogP contribution is 2.70. The van der Waals surface area contributed by atoms with Crippen LogP contribution in [-0.4, -0.2) is 0 Å². The molecule has 53 heavy (non-hydrogen) atoms. The van der Waals surface area contributed by atoms with Gasteiger partial charge in [-0.05, 0) is 132 Å². The van der Waals surface area contributed by atoms with E-state index in [1.165, 1.54) is 104 Å². The van der Waals surface area contributed by atoms with Crippen molar-refractivity contribution in [1.29, 1.82) is 0 Å². The van der Waals surface area contributed by atoms with E-state index in [9.17, 15) is 0 Å². The molecule has 0 radical (unpaired) electrons. The zero-order valence-corrected chi connectivity index (χ0v) is 31.0. The summed E-state index contributed by atoms with van der Waals surface area (Å²) in [4.78, 5) is 0. The lowest BCUT2D eigenvalue weighted by Crippen LogP contribution is -2.38. The number of benzene rings is 6. The molecular weight excluding hydrogens is 637 g/mol. The van der Waals surface area contributed by atoms with Gasteiger partial charge >= 0.3 is 0 Å². The van der Waals surface area contributed by atoms with E-state index in [1.807, 2.05) is 0 Å². The van der Waals surface area contributed by atoms with E-state index in [-0.39, 0.29) is 11.8 Å². The standard InChI is InChI=1S/C53H46/c1-3-5-15-35-29-39-32-45-50(44(39)31-36(35)16-6-4-2)51-34-27-25-33(26-28-34)48-42-21-11-13-23-46(42)53(51,47-24-14-12-22-43(47)48)52(45)49-40-19-9-7-17-37(40)30-38-18-8-10-20-41(38)49/h7-14,17-31,33-34,48H,3-6,15-16,32H2,1-2H3. The van der Waals surface area contributed by atoms with E-state index in [1.54, 1.807) is 22.3 Å². The van der Waals surface area contributed by atoms with Gasteiger partial charge in [-0.15, -0.1) is 0 Å². The Morgan fingerprint density at radius 3 is 1.79 bits per heavy atom. The van der Waals surface area contributed by atoms with Crippen molar-refractivity contribution in [2.24, 2.45) is 11.8 Å². The van der Waals surface area contributed by atoms with Crippen LogP contribution in [0.4, 0.5) is 0 Å². The Hall–Kier alpha value is -5.20. The Kier molecular flexibility index (Phi) is 7.04. The third kappa shape index (κ3) is 4.24. The second kappa shape index (κ2) is 11.9. The maximum Gasteiger partial charge on any atom is 0.0694 e. The van der Waals surface area contributed by atoms with Crippen molar-refractivity contribution in [1.82, 2.24) is 0 Å². The number of unbranched alkanes of at least 4 members (excludes halogenated alkanes) is 2. The first-order chi connectivity index (χ1) is 26.2.